The van der Waals surface area contributed by atoms with Crippen molar-refractivity contribution in [2.45, 2.75) is 0 Å². The number of halogens is 3. The lowest BCUT2D eigenvalue weighted by Gasteiger charge is -2.10. The molecule has 2 rings (SSSR count). The van der Waals surface area contributed by atoms with E-state index in [2.05, 4.69) is 15.5 Å². The first kappa shape index (κ1) is 13.9. The SMILES string of the molecule is NC(=S)c1ccnnc1Nc1cc(Cl)c(F)c(Cl)c1. The molecule has 8 heteroatoms. The van der Waals surface area contributed by atoms with Crippen molar-refractivity contribution in [1.29, 1.82) is 0 Å². The van der Waals surface area contributed by atoms with E-state index in [0.717, 1.165) is 0 Å². The minimum atomic E-state index is -0.678. The van der Waals surface area contributed by atoms with Crippen LogP contribution in [-0.4, -0.2) is 15.2 Å². The summed E-state index contributed by atoms with van der Waals surface area (Å²) in [6, 6.07) is 4.37. The third-order valence-electron chi connectivity index (χ3n) is 2.23. The number of nitrogens with two attached hydrogens (primary N) is 1. The predicted octanol–water partition coefficient (Wildman–Crippen LogP) is 3.30. The fraction of sp³-hybridized carbons (Fsp3) is 0. The number of nitrogens with one attached hydrogen (secondary N) is 1. The van der Waals surface area contributed by atoms with E-state index in [4.69, 9.17) is 41.2 Å². The molecular weight excluding hydrogens is 310 g/mol. The molecule has 0 radical (unpaired) electrons. The predicted molar refractivity (Wildman–Crippen MR) is 77.6 cm³/mol. The number of aromatic nitrogens is 2. The minimum Gasteiger partial charge on any atom is -0.389 e. The average molecular weight is 317 g/mol. The van der Waals surface area contributed by atoms with Crippen LogP contribution in [0.4, 0.5) is 15.9 Å². The first-order valence-electron chi connectivity index (χ1n) is 5.02. The summed E-state index contributed by atoms with van der Waals surface area (Å²) in [5.41, 5.74) is 6.53. The van der Waals surface area contributed by atoms with E-state index >= 15 is 0 Å². The average Bonchev–Trinajstić information content (AvgIpc) is 2.36. The Kier molecular flexibility index (Phi) is 4.14. The van der Waals surface area contributed by atoms with Crippen LogP contribution in [0.15, 0.2) is 24.4 Å². The molecule has 0 spiro atoms. The molecule has 0 saturated heterocycles. The monoisotopic (exact) mass is 316 g/mol. The lowest BCUT2D eigenvalue weighted by molar-refractivity contribution is 0.629. The molecule has 0 unspecified atom stereocenters. The Morgan fingerprint density at radius 3 is 2.53 bits per heavy atom. The first-order chi connectivity index (χ1) is 8.99. The van der Waals surface area contributed by atoms with Crippen molar-refractivity contribution < 1.29 is 4.39 Å². The van der Waals surface area contributed by atoms with Crippen LogP contribution in [0, 0.1) is 5.82 Å². The van der Waals surface area contributed by atoms with Crippen LogP contribution in [0.25, 0.3) is 0 Å². The van der Waals surface area contributed by atoms with Crippen molar-refractivity contribution in [1.82, 2.24) is 10.2 Å². The van der Waals surface area contributed by atoms with Crippen molar-refractivity contribution in [3.8, 4) is 0 Å². The fourth-order valence-electron chi connectivity index (χ4n) is 1.39. The smallest absolute Gasteiger partial charge is 0.163 e. The van der Waals surface area contributed by atoms with E-state index in [9.17, 15) is 4.39 Å². The highest BCUT2D eigenvalue weighted by atomic mass is 35.5. The number of rotatable bonds is 3. The minimum absolute atomic E-state index is 0.101. The quantitative estimate of drug-likeness (QED) is 0.672. The van der Waals surface area contributed by atoms with Crippen LogP contribution in [0.5, 0.6) is 0 Å². The number of hydrogen-bond acceptors (Lipinski definition) is 4. The topological polar surface area (TPSA) is 63.8 Å². The Labute approximate surface area is 123 Å². The van der Waals surface area contributed by atoms with Crippen LogP contribution < -0.4 is 11.1 Å². The Hall–Kier alpha value is -1.50. The van der Waals surface area contributed by atoms with Gasteiger partial charge >= 0.3 is 0 Å². The molecule has 19 heavy (non-hydrogen) atoms. The molecule has 0 atom stereocenters. The molecular formula is C11H7Cl2FN4S. The molecule has 1 aromatic carbocycles. The van der Waals surface area contributed by atoms with Crippen molar-refractivity contribution in [2.24, 2.45) is 5.73 Å². The first-order valence-corrected chi connectivity index (χ1v) is 6.18. The van der Waals surface area contributed by atoms with Crippen molar-refractivity contribution >= 4 is 51.9 Å². The molecule has 98 valence electrons. The third-order valence-corrected chi connectivity index (χ3v) is 3.00. The summed E-state index contributed by atoms with van der Waals surface area (Å²) in [6.07, 6.45) is 1.46. The van der Waals surface area contributed by atoms with Crippen molar-refractivity contribution in [2.75, 3.05) is 5.32 Å². The van der Waals surface area contributed by atoms with Crippen LogP contribution in [0.1, 0.15) is 5.56 Å². The van der Waals surface area contributed by atoms with Gasteiger partial charge in [-0.25, -0.2) is 4.39 Å². The lowest BCUT2D eigenvalue weighted by atomic mass is 10.2. The Morgan fingerprint density at radius 1 is 1.32 bits per heavy atom. The molecule has 3 N–H and O–H groups in total. The highest BCUT2D eigenvalue weighted by Crippen LogP contribution is 2.29. The van der Waals surface area contributed by atoms with Gasteiger partial charge in [-0.05, 0) is 18.2 Å². The van der Waals surface area contributed by atoms with Gasteiger partial charge in [0.05, 0.1) is 21.8 Å². The van der Waals surface area contributed by atoms with Crippen LogP contribution in [-0.2, 0) is 0 Å². The molecule has 4 nitrogen and oxygen atoms in total. The van der Waals surface area contributed by atoms with Crippen molar-refractivity contribution in [3.63, 3.8) is 0 Å². The second-order valence-electron chi connectivity index (χ2n) is 3.54. The molecule has 0 aliphatic carbocycles. The normalized spacial score (nSPS) is 10.3. The van der Waals surface area contributed by atoms with E-state index in [1.807, 2.05) is 0 Å². The highest BCUT2D eigenvalue weighted by Gasteiger charge is 2.11. The number of thiocarbonyl (C=S) groups is 1. The fourth-order valence-corrected chi connectivity index (χ4v) is 2.04. The highest BCUT2D eigenvalue weighted by molar-refractivity contribution is 7.80. The molecule has 0 saturated carbocycles. The van der Waals surface area contributed by atoms with Crippen LogP contribution >= 0.6 is 35.4 Å². The zero-order valence-corrected chi connectivity index (χ0v) is 11.7. The van der Waals surface area contributed by atoms with E-state index in [-0.39, 0.29) is 15.0 Å². The van der Waals surface area contributed by atoms with Gasteiger partial charge in [-0.2, -0.15) is 5.10 Å². The van der Waals surface area contributed by atoms with Gasteiger partial charge in [-0.1, -0.05) is 35.4 Å². The van der Waals surface area contributed by atoms with Crippen LogP contribution in [0.3, 0.4) is 0 Å². The zero-order valence-electron chi connectivity index (χ0n) is 9.32. The molecule has 2 aromatic rings. The van der Waals surface area contributed by atoms with Crippen LogP contribution in [0.2, 0.25) is 10.0 Å². The molecule has 0 fully saturated rings. The van der Waals surface area contributed by atoms with E-state index in [0.29, 0.717) is 17.1 Å². The van der Waals surface area contributed by atoms with E-state index in [1.165, 1.54) is 18.3 Å². The van der Waals surface area contributed by atoms with Gasteiger partial charge in [0.1, 0.15) is 4.99 Å². The maximum atomic E-state index is 13.3. The summed E-state index contributed by atoms with van der Waals surface area (Å²) >= 11 is 16.3. The van der Waals surface area contributed by atoms with Gasteiger partial charge in [-0.15, -0.1) is 5.10 Å². The maximum absolute atomic E-state index is 13.3. The second-order valence-corrected chi connectivity index (χ2v) is 4.79. The van der Waals surface area contributed by atoms with Gasteiger partial charge in [0, 0.05) is 5.69 Å². The second kappa shape index (κ2) is 5.64. The summed E-state index contributed by atoms with van der Waals surface area (Å²) in [5.74, 6) is -0.337. The van der Waals surface area contributed by atoms with Gasteiger partial charge in [0.2, 0.25) is 0 Å². The summed E-state index contributed by atoms with van der Waals surface area (Å²) in [5, 5.41) is 10.3. The number of hydrogen-bond donors (Lipinski definition) is 2. The van der Waals surface area contributed by atoms with Gasteiger partial charge in [-0.3, -0.25) is 0 Å². The van der Waals surface area contributed by atoms with Gasteiger partial charge < -0.3 is 11.1 Å². The largest absolute Gasteiger partial charge is 0.389 e. The molecule has 1 aromatic heterocycles. The molecule has 1 heterocycles. The van der Waals surface area contributed by atoms with Gasteiger partial charge in [0.15, 0.2) is 11.6 Å². The van der Waals surface area contributed by atoms with Crippen molar-refractivity contribution in [3.05, 3.63) is 45.8 Å². The summed E-state index contributed by atoms with van der Waals surface area (Å²) < 4.78 is 13.3. The number of benzene rings is 1. The number of anilines is 2. The third kappa shape index (κ3) is 3.09. The Bertz CT molecular complexity index is 627. The van der Waals surface area contributed by atoms with E-state index in [1.54, 1.807) is 6.07 Å². The Balaban J connectivity index is 2.39. The summed E-state index contributed by atoms with van der Waals surface area (Å²) in [7, 11) is 0. The zero-order chi connectivity index (χ0) is 14.0. The molecule has 0 aliphatic rings. The maximum Gasteiger partial charge on any atom is 0.163 e. The van der Waals surface area contributed by atoms with E-state index < -0.39 is 5.82 Å². The summed E-state index contributed by atoms with van der Waals surface area (Å²) in [4.78, 5) is 0.164. The number of nitrogens with zero attached hydrogens (tertiary/aromatic N) is 2. The summed E-state index contributed by atoms with van der Waals surface area (Å²) in [6.45, 7) is 0. The molecule has 0 amide bonds. The Morgan fingerprint density at radius 2 is 1.95 bits per heavy atom. The lowest BCUT2D eigenvalue weighted by Crippen LogP contribution is -2.13. The van der Waals surface area contributed by atoms with Gasteiger partial charge in [0.25, 0.3) is 0 Å². The molecule has 0 bridgehead atoms. The standard InChI is InChI=1S/C11H7Cl2FN4S/c12-7-3-5(4-8(13)9(7)14)17-11-6(10(15)19)1-2-16-18-11/h1-4H,(H2,15,19)(H,17,18). The molecule has 0 aliphatic heterocycles.